The van der Waals surface area contributed by atoms with E-state index < -0.39 is 15.7 Å². The zero-order valence-electron chi connectivity index (χ0n) is 6.66. The summed E-state index contributed by atoms with van der Waals surface area (Å²) in [7, 11) is -3.91. The summed E-state index contributed by atoms with van der Waals surface area (Å²) in [4.78, 5) is 0. The highest BCUT2D eigenvalue weighted by molar-refractivity contribution is 7.85. The lowest BCUT2D eigenvalue weighted by Crippen LogP contribution is -2.42. The molecule has 0 radical (unpaired) electrons. The molecule has 5 heteroatoms. The largest absolute Gasteiger partial charge is 0.385 e. The van der Waals surface area contributed by atoms with E-state index in [1.165, 1.54) is 6.20 Å². The van der Waals surface area contributed by atoms with Crippen LogP contribution in [0, 0.1) is 0 Å². The van der Waals surface area contributed by atoms with Crippen LogP contribution in [0.5, 0.6) is 0 Å². The lowest BCUT2D eigenvalue weighted by Gasteiger charge is -2.22. The zero-order valence-corrected chi connectivity index (χ0v) is 7.48. The van der Waals surface area contributed by atoms with Gasteiger partial charge in [-0.15, -0.1) is 0 Å². The van der Waals surface area contributed by atoms with Crippen LogP contribution in [-0.4, -0.2) is 24.3 Å². The average molecular weight is 179 g/mol. The lowest BCUT2D eigenvalue weighted by molar-refractivity contribution is 0.437. The molecular weight excluding hydrogens is 166 g/mol. The van der Waals surface area contributed by atoms with Gasteiger partial charge in [0.25, 0.3) is 10.1 Å². The van der Waals surface area contributed by atoms with E-state index in [2.05, 4.69) is 11.9 Å². The molecule has 0 rings (SSSR count). The quantitative estimate of drug-likeness (QED) is 0.612. The van der Waals surface area contributed by atoms with Gasteiger partial charge >= 0.3 is 0 Å². The molecule has 11 heavy (non-hydrogen) atoms. The van der Waals surface area contributed by atoms with Crippen LogP contribution in [0.1, 0.15) is 13.8 Å². The number of rotatable bonds is 4. The molecule has 66 valence electrons. The van der Waals surface area contributed by atoms with Gasteiger partial charge in [0.05, 0.1) is 5.75 Å². The predicted molar refractivity (Wildman–Crippen MR) is 43.8 cm³/mol. The van der Waals surface area contributed by atoms with E-state index in [0.717, 1.165) is 0 Å². The van der Waals surface area contributed by atoms with Crippen molar-refractivity contribution in [1.29, 1.82) is 0 Å². The molecule has 0 aliphatic carbocycles. The maximum absolute atomic E-state index is 10.4. The SMILES string of the molecule is C=CNC(C)(C)CS(=O)(=O)O. The first-order chi connectivity index (χ1) is 4.77. The summed E-state index contributed by atoms with van der Waals surface area (Å²) in [5.41, 5.74) is -0.671. The normalized spacial score (nSPS) is 12.6. The Morgan fingerprint density at radius 3 is 2.36 bits per heavy atom. The summed E-state index contributed by atoms with van der Waals surface area (Å²) in [6, 6.07) is 0. The molecule has 0 spiro atoms. The molecule has 0 amide bonds. The maximum atomic E-state index is 10.4. The summed E-state index contributed by atoms with van der Waals surface area (Å²) in [5.74, 6) is -0.327. The van der Waals surface area contributed by atoms with Crippen molar-refractivity contribution in [3.63, 3.8) is 0 Å². The van der Waals surface area contributed by atoms with E-state index in [9.17, 15) is 8.42 Å². The molecule has 0 heterocycles. The Kier molecular flexibility index (Phi) is 3.07. The first-order valence-corrected chi connectivity index (χ1v) is 4.71. The molecule has 0 aliphatic heterocycles. The zero-order chi connectivity index (χ0) is 9.12. The Labute approximate surface area is 67.1 Å². The van der Waals surface area contributed by atoms with Crippen LogP contribution >= 0.6 is 0 Å². The number of hydrogen-bond acceptors (Lipinski definition) is 3. The van der Waals surface area contributed by atoms with Crippen molar-refractivity contribution >= 4 is 10.1 Å². The summed E-state index contributed by atoms with van der Waals surface area (Å²) in [5, 5.41) is 2.70. The summed E-state index contributed by atoms with van der Waals surface area (Å²) < 4.78 is 29.3. The van der Waals surface area contributed by atoms with Gasteiger partial charge in [-0.1, -0.05) is 6.58 Å². The van der Waals surface area contributed by atoms with Gasteiger partial charge in [-0.05, 0) is 20.0 Å². The van der Waals surface area contributed by atoms with Crippen molar-refractivity contribution in [1.82, 2.24) is 5.32 Å². The molecule has 0 aliphatic rings. The maximum Gasteiger partial charge on any atom is 0.267 e. The van der Waals surface area contributed by atoms with E-state index in [1.54, 1.807) is 13.8 Å². The second-order valence-corrected chi connectivity index (χ2v) is 4.41. The smallest absolute Gasteiger partial charge is 0.267 e. The fourth-order valence-electron chi connectivity index (χ4n) is 0.774. The van der Waals surface area contributed by atoms with Gasteiger partial charge in [0.2, 0.25) is 0 Å². The second kappa shape index (κ2) is 3.23. The molecule has 4 nitrogen and oxygen atoms in total. The van der Waals surface area contributed by atoms with Crippen LogP contribution in [0.15, 0.2) is 12.8 Å². The van der Waals surface area contributed by atoms with Crippen LogP contribution in [0.25, 0.3) is 0 Å². The van der Waals surface area contributed by atoms with Crippen LogP contribution < -0.4 is 5.32 Å². The van der Waals surface area contributed by atoms with E-state index in [0.29, 0.717) is 0 Å². The van der Waals surface area contributed by atoms with Crippen molar-refractivity contribution in [2.75, 3.05) is 5.75 Å². The van der Waals surface area contributed by atoms with Crippen LogP contribution in [0.3, 0.4) is 0 Å². The van der Waals surface area contributed by atoms with E-state index in [1.807, 2.05) is 0 Å². The average Bonchev–Trinajstić information content (AvgIpc) is 1.55. The third kappa shape index (κ3) is 5.87. The molecule has 0 aromatic carbocycles. The van der Waals surface area contributed by atoms with Crippen molar-refractivity contribution < 1.29 is 13.0 Å². The number of nitrogens with one attached hydrogen (secondary N) is 1. The second-order valence-electron chi connectivity index (χ2n) is 2.96. The molecule has 0 bridgehead atoms. The summed E-state index contributed by atoms with van der Waals surface area (Å²) in [6.45, 7) is 6.70. The first-order valence-electron chi connectivity index (χ1n) is 3.11. The molecule has 0 saturated heterocycles. The molecule has 0 unspecified atom stereocenters. The highest BCUT2D eigenvalue weighted by atomic mass is 32.2. The van der Waals surface area contributed by atoms with Gasteiger partial charge in [0, 0.05) is 5.54 Å². The predicted octanol–water partition coefficient (Wildman–Crippen LogP) is 0.386. The van der Waals surface area contributed by atoms with Gasteiger partial charge in [-0.2, -0.15) is 8.42 Å². The van der Waals surface area contributed by atoms with Crippen molar-refractivity contribution in [3.05, 3.63) is 12.8 Å². The molecule has 0 atom stereocenters. The topological polar surface area (TPSA) is 66.4 Å². The minimum Gasteiger partial charge on any atom is -0.385 e. The first kappa shape index (κ1) is 10.4. The molecule has 2 N–H and O–H groups in total. The summed E-state index contributed by atoms with van der Waals surface area (Å²) in [6.07, 6.45) is 1.39. The van der Waals surface area contributed by atoms with Gasteiger partial charge < -0.3 is 5.32 Å². The fraction of sp³-hybridized carbons (Fsp3) is 0.667. The van der Waals surface area contributed by atoms with Gasteiger partial charge in [0.1, 0.15) is 0 Å². The highest BCUT2D eigenvalue weighted by Gasteiger charge is 2.22. The third-order valence-corrected chi connectivity index (χ3v) is 2.12. The fourth-order valence-corrected chi connectivity index (χ4v) is 1.77. The van der Waals surface area contributed by atoms with Crippen LogP contribution in [-0.2, 0) is 10.1 Å². The highest BCUT2D eigenvalue weighted by Crippen LogP contribution is 2.04. The Bertz CT molecular complexity index is 230. The Morgan fingerprint density at radius 2 is 2.09 bits per heavy atom. The van der Waals surface area contributed by atoms with Crippen molar-refractivity contribution in [2.45, 2.75) is 19.4 Å². The van der Waals surface area contributed by atoms with Gasteiger partial charge in [-0.25, -0.2) is 0 Å². The van der Waals surface area contributed by atoms with E-state index >= 15 is 0 Å². The third-order valence-electron chi connectivity index (χ3n) is 1.04. The van der Waals surface area contributed by atoms with Crippen LogP contribution in [0.2, 0.25) is 0 Å². The Hall–Kier alpha value is -0.550. The monoisotopic (exact) mass is 179 g/mol. The Balaban J connectivity index is 4.24. The Morgan fingerprint density at radius 1 is 1.64 bits per heavy atom. The minimum atomic E-state index is -3.91. The minimum absolute atomic E-state index is 0.327. The lowest BCUT2D eigenvalue weighted by atomic mass is 10.1. The standard InChI is InChI=1S/C6H13NO3S/c1-4-7-6(2,3)5-11(8,9)10/h4,7H,1,5H2,2-3H3,(H,8,9,10). The summed E-state index contributed by atoms with van der Waals surface area (Å²) >= 11 is 0. The van der Waals surface area contributed by atoms with Crippen molar-refractivity contribution in [2.24, 2.45) is 0 Å². The molecule has 0 aromatic rings. The van der Waals surface area contributed by atoms with Gasteiger partial charge in [-0.3, -0.25) is 4.55 Å². The molecule has 0 fully saturated rings. The molecule has 0 saturated carbocycles. The van der Waals surface area contributed by atoms with E-state index in [4.69, 9.17) is 4.55 Å². The van der Waals surface area contributed by atoms with E-state index in [-0.39, 0.29) is 5.75 Å². The number of hydrogen-bond donors (Lipinski definition) is 2. The van der Waals surface area contributed by atoms with Crippen LogP contribution in [0.4, 0.5) is 0 Å². The molecular formula is C6H13NO3S. The van der Waals surface area contributed by atoms with Crippen molar-refractivity contribution in [3.8, 4) is 0 Å². The van der Waals surface area contributed by atoms with Gasteiger partial charge in [0.15, 0.2) is 0 Å². The molecule has 0 aromatic heterocycles.